The molecule has 0 unspecified atom stereocenters. The van der Waals surface area contributed by atoms with Crippen LogP contribution in [0.1, 0.15) is 30.1 Å². The highest BCUT2D eigenvalue weighted by Crippen LogP contribution is 2.23. The van der Waals surface area contributed by atoms with Crippen molar-refractivity contribution >= 4 is 11.6 Å². The molecule has 0 spiro atoms. The van der Waals surface area contributed by atoms with Gasteiger partial charge in [-0.3, -0.25) is 4.79 Å². The van der Waals surface area contributed by atoms with Crippen molar-refractivity contribution in [1.29, 1.82) is 0 Å². The first kappa shape index (κ1) is 11.8. The van der Waals surface area contributed by atoms with Crippen LogP contribution in [0, 0.1) is 5.92 Å². The lowest BCUT2D eigenvalue weighted by atomic mass is 9.98. The molecule has 0 atom stereocenters. The Balaban J connectivity index is 2.11. The van der Waals surface area contributed by atoms with Crippen molar-refractivity contribution in [3.05, 3.63) is 23.8 Å². The van der Waals surface area contributed by atoms with Crippen molar-refractivity contribution in [1.82, 2.24) is 4.90 Å². The summed E-state index contributed by atoms with van der Waals surface area (Å²) < 4.78 is 0. The topological polar surface area (TPSA) is 66.6 Å². The maximum Gasteiger partial charge on any atom is 0.253 e. The first-order valence-electron chi connectivity index (χ1n) is 5.95. The highest BCUT2D eigenvalue weighted by atomic mass is 16.3. The Morgan fingerprint density at radius 1 is 1.41 bits per heavy atom. The first-order chi connectivity index (χ1) is 8.08. The summed E-state index contributed by atoms with van der Waals surface area (Å²) in [5.74, 6) is 0.646. The van der Waals surface area contributed by atoms with E-state index in [0.717, 1.165) is 25.9 Å². The molecule has 92 valence electrons. The van der Waals surface area contributed by atoms with E-state index in [2.05, 4.69) is 6.92 Å². The number of hydrogen-bond donors (Lipinski definition) is 2. The van der Waals surface area contributed by atoms with E-state index >= 15 is 0 Å². The number of aromatic hydroxyl groups is 1. The number of carbonyl (C=O) groups is 1. The molecule has 2 rings (SSSR count). The summed E-state index contributed by atoms with van der Waals surface area (Å²) >= 11 is 0. The molecule has 0 aromatic heterocycles. The fourth-order valence-electron chi connectivity index (χ4n) is 2.07. The largest absolute Gasteiger partial charge is 0.506 e. The average Bonchev–Trinajstić information content (AvgIpc) is 2.33. The van der Waals surface area contributed by atoms with E-state index in [1.54, 1.807) is 12.1 Å². The van der Waals surface area contributed by atoms with Crippen molar-refractivity contribution in [2.45, 2.75) is 19.8 Å². The number of likely N-dealkylation sites (tertiary alicyclic amines) is 1. The average molecular weight is 234 g/mol. The summed E-state index contributed by atoms with van der Waals surface area (Å²) in [6.07, 6.45) is 2.10. The van der Waals surface area contributed by atoms with E-state index in [0.29, 0.717) is 17.2 Å². The number of rotatable bonds is 1. The maximum absolute atomic E-state index is 12.1. The predicted molar refractivity (Wildman–Crippen MR) is 66.8 cm³/mol. The van der Waals surface area contributed by atoms with Crippen molar-refractivity contribution < 1.29 is 9.90 Å². The molecule has 3 N–H and O–H groups in total. The second kappa shape index (κ2) is 4.65. The van der Waals surface area contributed by atoms with Gasteiger partial charge in [0, 0.05) is 18.7 Å². The molecule has 1 aliphatic heterocycles. The van der Waals surface area contributed by atoms with Gasteiger partial charge in [0.05, 0.1) is 5.69 Å². The van der Waals surface area contributed by atoms with E-state index < -0.39 is 0 Å². The Kier molecular flexibility index (Phi) is 3.22. The third kappa shape index (κ3) is 2.52. The highest BCUT2D eigenvalue weighted by Gasteiger charge is 2.21. The number of benzene rings is 1. The normalized spacial score (nSPS) is 17.1. The third-order valence-corrected chi connectivity index (χ3v) is 3.35. The van der Waals surface area contributed by atoms with E-state index in [4.69, 9.17) is 5.73 Å². The first-order valence-corrected chi connectivity index (χ1v) is 5.95. The molecular formula is C13H18N2O2. The summed E-state index contributed by atoms with van der Waals surface area (Å²) in [4.78, 5) is 14.0. The number of carbonyl (C=O) groups excluding carboxylic acids is 1. The molecule has 1 aromatic carbocycles. The quantitative estimate of drug-likeness (QED) is 0.575. The number of nitrogens with zero attached hydrogens (tertiary/aromatic N) is 1. The Morgan fingerprint density at radius 2 is 2.06 bits per heavy atom. The van der Waals surface area contributed by atoms with Crippen molar-refractivity contribution in [3.8, 4) is 5.75 Å². The molecular weight excluding hydrogens is 216 g/mol. The van der Waals surface area contributed by atoms with Gasteiger partial charge in [0.2, 0.25) is 0 Å². The third-order valence-electron chi connectivity index (χ3n) is 3.35. The Bertz CT molecular complexity index is 423. The van der Waals surface area contributed by atoms with Crippen molar-refractivity contribution in [2.75, 3.05) is 18.8 Å². The van der Waals surface area contributed by atoms with Crippen LogP contribution >= 0.6 is 0 Å². The SMILES string of the molecule is CC1CCN(C(=O)c2ccc(N)c(O)c2)CC1. The summed E-state index contributed by atoms with van der Waals surface area (Å²) in [7, 11) is 0. The molecule has 4 nitrogen and oxygen atoms in total. The van der Waals surface area contributed by atoms with Crippen LogP contribution in [0.5, 0.6) is 5.75 Å². The van der Waals surface area contributed by atoms with Gasteiger partial charge in [-0.05, 0) is 37.0 Å². The number of anilines is 1. The van der Waals surface area contributed by atoms with Gasteiger partial charge >= 0.3 is 0 Å². The number of nitrogen functional groups attached to an aromatic ring is 1. The molecule has 4 heteroatoms. The number of nitrogens with two attached hydrogens (primary N) is 1. The zero-order valence-corrected chi connectivity index (χ0v) is 10.0. The number of amides is 1. The van der Waals surface area contributed by atoms with Crippen LogP contribution in [0.3, 0.4) is 0 Å². The molecule has 17 heavy (non-hydrogen) atoms. The van der Waals surface area contributed by atoms with Gasteiger partial charge in [0.15, 0.2) is 0 Å². The zero-order valence-electron chi connectivity index (χ0n) is 10.0. The number of phenolic OH excluding ortho intramolecular Hbond substituents is 1. The number of piperidine rings is 1. The standard InChI is InChI=1S/C13H18N2O2/c1-9-4-6-15(7-5-9)13(17)10-2-3-11(14)12(16)8-10/h2-3,8-9,16H,4-7,14H2,1H3. The Labute approximate surface area is 101 Å². The van der Waals surface area contributed by atoms with Crippen molar-refractivity contribution in [3.63, 3.8) is 0 Å². The van der Waals surface area contributed by atoms with Crippen LogP contribution < -0.4 is 5.73 Å². The van der Waals surface area contributed by atoms with E-state index in [1.807, 2.05) is 4.90 Å². The van der Waals surface area contributed by atoms with Crippen LogP contribution in [0.4, 0.5) is 5.69 Å². The molecule has 1 fully saturated rings. The minimum atomic E-state index is -0.0266. The molecule has 0 bridgehead atoms. The molecule has 1 aromatic rings. The molecule has 1 amide bonds. The molecule has 1 heterocycles. The van der Waals surface area contributed by atoms with Crippen LogP contribution in [0.25, 0.3) is 0 Å². The van der Waals surface area contributed by atoms with Crippen LogP contribution in [-0.4, -0.2) is 29.0 Å². The van der Waals surface area contributed by atoms with Gasteiger partial charge in [-0.1, -0.05) is 6.92 Å². The molecule has 1 saturated heterocycles. The van der Waals surface area contributed by atoms with Gasteiger partial charge in [-0.15, -0.1) is 0 Å². The summed E-state index contributed by atoms with van der Waals surface area (Å²) in [5.41, 5.74) is 6.32. The fraction of sp³-hybridized carbons (Fsp3) is 0.462. The van der Waals surface area contributed by atoms with E-state index in [9.17, 15) is 9.90 Å². The van der Waals surface area contributed by atoms with Crippen LogP contribution in [0.2, 0.25) is 0 Å². The van der Waals surface area contributed by atoms with E-state index in [1.165, 1.54) is 6.07 Å². The van der Waals surface area contributed by atoms with Crippen LogP contribution in [-0.2, 0) is 0 Å². The molecule has 0 aliphatic carbocycles. The minimum Gasteiger partial charge on any atom is -0.506 e. The van der Waals surface area contributed by atoms with Crippen LogP contribution in [0.15, 0.2) is 18.2 Å². The minimum absolute atomic E-state index is 0.0211. The zero-order chi connectivity index (χ0) is 12.4. The van der Waals surface area contributed by atoms with Gasteiger partial charge in [0.1, 0.15) is 5.75 Å². The fourth-order valence-corrected chi connectivity index (χ4v) is 2.07. The van der Waals surface area contributed by atoms with Gasteiger partial charge in [-0.2, -0.15) is 0 Å². The molecule has 0 saturated carbocycles. The molecule has 1 aliphatic rings. The van der Waals surface area contributed by atoms with E-state index in [-0.39, 0.29) is 11.7 Å². The van der Waals surface area contributed by atoms with Crippen molar-refractivity contribution in [2.24, 2.45) is 5.92 Å². The predicted octanol–water partition coefficient (Wildman–Crippen LogP) is 1.85. The summed E-state index contributed by atoms with van der Waals surface area (Å²) in [6, 6.07) is 4.67. The molecule has 0 radical (unpaired) electrons. The lowest BCUT2D eigenvalue weighted by Crippen LogP contribution is -2.37. The number of phenols is 1. The lowest BCUT2D eigenvalue weighted by molar-refractivity contribution is 0.0697. The second-order valence-electron chi connectivity index (χ2n) is 4.75. The maximum atomic E-state index is 12.1. The Hall–Kier alpha value is -1.71. The van der Waals surface area contributed by atoms with Gasteiger partial charge in [0.25, 0.3) is 5.91 Å². The van der Waals surface area contributed by atoms with Gasteiger partial charge in [-0.25, -0.2) is 0 Å². The summed E-state index contributed by atoms with van der Waals surface area (Å²) in [5, 5.41) is 9.49. The second-order valence-corrected chi connectivity index (χ2v) is 4.75. The summed E-state index contributed by atoms with van der Waals surface area (Å²) in [6.45, 7) is 3.80. The van der Waals surface area contributed by atoms with Gasteiger partial charge < -0.3 is 15.7 Å². The lowest BCUT2D eigenvalue weighted by Gasteiger charge is -2.30. The highest BCUT2D eigenvalue weighted by molar-refractivity contribution is 5.95. The number of hydrogen-bond acceptors (Lipinski definition) is 3. The smallest absolute Gasteiger partial charge is 0.253 e. The Morgan fingerprint density at radius 3 is 2.65 bits per heavy atom. The monoisotopic (exact) mass is 234 g/mol.